The molecule has 0 radical (unpaired) electrons. The second-order valence-corrected chi connectivity index (χ2v) is 5.54. The summed E-state index contributed by atoms with van der Waals surface area (Å²) in [6.07, 6.45) is 5.11. The van der Waals surface area contributed by atoms with Crippen LogP contribution in [0.1, 0.15) is 50.4 Å². The SMILES string of the molecule is CCC(CC)(CC)CNc1cc(C(=O)N(C)C)ccn1. The Bertz CT molecular complexity index is 431. The molecule has 0 atom stereocenters. The lowest BCUT2D eigenvalue weighted by Gasteiger charge is -2.30. The number of anilines is 1. The fourth-order valence-corrected chi connectivity index (χ4v) is 2.32. The Morgan fingerprint density at radius 2 is 1.85 bits per heavy atom. The lowest BCUT2D eigenvalue weighted by Crippen LogP contribution is -2.28. The molecule has 1 amide bonds. The smallest absolute Gasteiger partial charge is 0.253 e. The molecule has 0 aliphatic rings. The number of amides is 1. The summed E-state index contributed by atoms with van der Waals surface area (Å²) in [5.74, 6) is 0.778. The Kier molecular flexibility index (Phi) is 5.99. The van der Waals surface area contributed by atoms with Crippen LogP contribution in [0.25, 0.3) is 0 Å². The number of pyridine rings is 1. The van der Waals surface area contributed by atoms with Crippen LogP contribution in [0, 0.1) is 5.41 Å². The summed E-state index contributed by atoms with van der Waals surface area (Å²) in [6.45, 7) is 7.58. The van der Waals surface area contributed by atoms with Crippen LogP contribution in [-0.2, 0) is 0 Å². The zero-order valence-corrected chi connectivity index (χ0v) is 13.4. The third kappa shape index (κ3) is 3.95. The molecular formula is C16H27N3O. The molecule has 0 saturated carbocycles. The largest absolute Gasteiger partial charge is 0.369 e. The molecule has 0 saturated heterocycles. The number of hydrogen-bond donors (Lipinski definition) is 1. The minimum Gasteiger partial charge on any atom is -0.369 e. The molecular weight excluding hydrogens is 250 g/mol. The molecule has 0 aliphatic carbocycles. The van der Waals surface area contributed by atoms with E-state index in [1.165, 1.54) is 0 Å². The maximum Gasteiger partial charge on any atom is 0.253 e. The van der Waals surface area contributed by atoms with Crippen LogP contribution in [0.3, 0.4) is 0 Å². The molecule has 0 bridgehead atoms. The highest BCUT2D eigenvalue weighted by Gasteiger charge is 2.23. The van der Waals surface area contributed by atoms with E-state index in [0.717, 1.165) is 31.6 Å². The fourth-order valence-electron chi connectivity index (χ4n) is 2.32. The Morgan fingerprint density at radius 1 is 1.25 bits per heavy atom. The van der Waals surface area contributed by atoms with Crippen molar-refractivity contribution in [3.8, 4) is 0 Å². The third-order valence-corrected chi connectivity index (χ3v) is 4.31. The second-order valence-electron chi connectivity index (χ2n) is 5.54. The van der Waals surface area contributed by atoms with Gasteiger partial charge in [0.1, 0.15) is 5.82 Å². The van der Waals surface area contributed by atoms with Crippen molar-refractivity contribution in [2.24, 2.45) is 5.41 Å². The molecule has 1 aromatic heterocycles. The first-order valence-corrected chi connectivity index (χ1v) is 7.39. The molecule has 20 heavy (non-hydrogen) atoms. The van der Waals surface area contributed by atoms with Gasteiger partial charge in [0.2, 0.25) is 0 Å². The van der Waals surface area contributed by atoms with Gasteiger partial charge in [-0.25, -0.2) is 4.98 Å². The standard InChI is InChI=1S/C16H27N3O/c1-6-16(7-2,8-3)12-18-14-11-13(9-10-17-14)15(20)19(4)5/h9-11H,6-8,12H2,1-5H3,(H,17,18). The van der Waals surface area contributed by atoms with E-state index in [1.54, 1.807) is 31.3 Å². The predicted molar refractivity (Wildman–Crippen MR) is 84.1 cm³/mol. The number of carbonyl (C=O) groups is 1. The molecule has 0 spiro atoms. The van der Waals surface area contributed by atoms with Crippen molar-refractivity contribution in [3.05, 3.63) is 23.9 Å². The molecule has 0 aromatic carbocycles. The quantitative estimate of drug-likeness (QED) is 0.830. The van der Waals surface area contributed by atoms with Gasteiger partial charge in [-0.2, -0.15) is 0 Å². The summed E-state index contributed by atoms with van der Waals surface area (Å²) in [6, 6.07) is 3.58. The maximum absolute atomic E-state index is 11.9. The van der Waals surface area contributed by atoms with Crippen LogP contribution >= 0.6 is 0 Å². The zero-order valence-electron chi connectivity index (χ0n) is 13.4. The van der Waals surface area contributed by atoms with E-state index in [9.17, 15) is 4.79 Å². The van der Waals surface area contributed by atoms with E-state index >= 15 is 0 Å². The Morgan fingerprint density at radius 3 is 2.35 bits per heavy atom. The minimum atomic E-state index is 0.00295. The van der Waals surface area contributed by atoms with Gasteiger partial charge in [0.05, 0.1) is 0 Å². The molecule has 112 valence electrons. The van der Waals surface area contributed by atoms with E-state index in [1.807, 2.05) is 6.07 Å². The first-order chi connectivity index (χ1) is 9.48. The zero-order chi connectivity index (χ0) is 15.2. The van der Waals surface area contributed by atoms with Crippen molar-refractivity contribution < 1.29 is 4.79 Å². The highest BCUT2D eigenvalue weighted by atomic mass is 16.2. The average molecular weight is 277 g/mol. The summed E-state index contributed by atoms with van der Waals surface area (Å²) < 4.78 is 0. The summed E-state index contributed by atoms with van der Waals surface area (Å²) in [7, 11) is 3.51. The Balaban J connectivity index is 2.79. The van der Waals surface area contributed by atoms with E-state index < -0.39 is 0 Å². The lowest BCUT2D eigenvalue weighted by atomic mass is 9.80. The summed E-state index contributed by atoms with van der Waals surface area (Å²) in [4.78, 5) is 17.8. The first kappa shape index (κ1) is 16.5. The maximum atomic E-state index is 11.9. The Hall–Kier alpha value is -1.58. The van der Waals surface area contributed by atoms with Gasteiger partial charge in [-0.15, -0.1) is 0 Å². The average Bonchev–Trinajstić information content (AvgIpc) is 2.48. The second kappa shape index (κ2) is 7.27. The van der Waals surface area contributed by atoms with Crippen molar-refractivity contribution in [2.75, 3.05) is 26.0 Å². The number of aromatic nitrogens is 1. The van der Waals surface area contributed by atoms with E-state index in [-0.39, 0.29) is 5.91 Å². The van der Waals surface area contributed by atoms with Gasteiger partial charge in [0.25, 0.3) is 5.91 Å². The number of rotatable bonds is 7. The van der Waals surface area contributed by atoms with Crippen LogP contribution in [0.15, 0.2) is 18.3 Å². The van der Waals surface area contributed by atoms with Gasteiger partial charge in [0, 0.05) is 32.4 Å². The predicted octanol–water partition coefficient (Wildman–Crippen LogP) is 3.41. The van der Waals surface area contributed by atoms with Gasteiger partial charge in [-0.05, 0) is 36.8 Å². The van der Waals surface area contributed by atoms with Gasteiger partial charge in [-0.1, -0.05) is 20.8 Å². The Labute approximate surface area is 122 Å². The molecule has 0 unspecified atom stereocenters. The highest BCUT2D eigenvalue weighted by Crippen LogP contribution is 2.30. The van der Waals surface area contributed by atoms with Crippen LogP contribution < -0.4 is 5.32 Å². The van der Waals surface area contributed by atoms with Crippen LogP contribution in [0.2, 0.25) is 0 Å². The first-order valence-electron chi connectivity index (χ1n) is 7.39. The van der Waals surface area contributed by atoms with Crippen molar-refractivity contribution in [2.45, 2.75) is 40.0 Å². The van der Waals surface area contributed by atoms with Crippen molar-refractivity contribution in [3.63, 3.8) is 0 Å². The molecule has 0 fully saturated rings. The molecule has 4 nitrogen and oxygen atoms in total. The number of hydrogen-bond acceptors (Lipinski definition) is 3. The molecule has 1 rings (SSSR count). The molecule has 1 N–H and O–H groups in total. The van der Waals surface area contributed by atoms with Gasteiger partial charge < -0.3 is 10.2 Å². The molecule has 1 aromatic rings. The summed E-state index contributed by atoms with van der Waals surface area (Å²) in [5, 5.41) is 3.39. The molecule has 1 heterocycles. The van der Waals surface area contributed by atoms with Gasteiger partial charge in [0.15, 0.2) is 0 Å². The van der Waals surface area contributed by atoms with Crippen LogP contribution in [0.4, 0.5) is 5.82 Å². The third-order valence-electron chi connectivity index (χ3n) is 4.31. The number of nitrogens with one attached hydrogen (secondary N) is 1. The fraction of sp³-hybridized carbons (Fsp3) is 0.625. The minimum absolute atomic E-state index is 0.00295. The van der Waals surface area contributed by atoms with Gasteiger partial charge in [-0.3, -0.25) is 4.79 Å². The van der Waals surface area contributed by atoms with E-state index in [4.69, 9.17) is 0 Å². The number of carbonyl (C=O) groups excluding carboxylic acids is 1. The molecule has 4 heteroatoms. The van der Waals surface area contributed by atoms with Crippen LogP contribution in [0.5, 0.6) is 0 Å². The van der Waals surface area contributed by atoms with E-state index in [2.05, 4.69) is 31.1 Å². The van der Waals surface area contributed by atoms with Crippen molar-refractivity contribution >= 4 is 11.7 Å². The highest BCUT2D eigenvalue weighted by molar-refractivity contribution is 5.94. The normalized spacial score (nSPS) is 11.2. The van der Waals surface area contributed by atoms with Crippen molar-refractivity contribution in [1.29, 1.82) is 0 Å². The van der Waals surface area contributed by atoms with Gasteiger partial charge >= 0.3 is 0 Å². The monoisotopic (exact) mass is 277 g/mol. The summed E-state index contributed by atoms with van der Waals surface area (Å²) in [5.41, 5.74) is 0.978. The lowest BCUT2D eigenvalue weighted by molar-refractivity contribution is 0.0827. The number of nitrogens with zero attached hydrogens (tertiary/aromatic N) is 2. The van der Waals surface area contributed by atoms with Crippen LogP contribution in [-0.4, -0.2) is 36.4 Å². The van der Waals surface area contributed by atoms with Crippen molar-refractivity contribution in [1.82, 2.24) is 9.88 Å². The molecule has 0 aliphatic heterocycles. The summed E-state index contributed by atoms with van der Waals surface area (Å²) >= 11 is 0. The van der Waals surface area contributed by atoms with E-state index in [0.29, 0.717) is 11.0 Å². The topological polar surface area (TPSA) is 45.2 Å².